The molecule has 0 bridgehead atoms. The summed E-state index contributed by atoms with van der Waals surface area (Å²) in [6, 6.07) is 18.3. The SMILES string of the molecule is COC(=O)C=Cc1ccccc1NC#CNc1cc(Cl)ccc1OC. The molecule has 0 aliphatic carbocycles. The molecule has 5 nitrogen and oxygen atoms in total. The Labute approximate surface area is 151 Å². The van der Waals surface area contributed by atoms with Crippen molar-refractivity contribution in [1.82, 2.24) is 0 Å². The van der Waals surface area contributed by atoms with Gasteiger partial charge in [0, 0.05) is 23.2 Å². The van der Waals surface area contributed by atoms with Gasteiger partial charge in [0.05, 0.1) is 25.6 Å². The number of para-hydroxylation sites is 1. The first-order chi connectivity index (χ1) is 12.1. The third kappa shape index (κ3) is 5.48. The van der Waals surface area contributed by atoms with E-state index in [0.717, 1.165) is 11.3 Å². The highest BCUT2D eigenvalue weighted by Gasteiger charge is 2.02. The molecule has 25 heavy (non-hydrogen) atoms. The summed E-state index contributed by atoms with van der Waals surface area (Å²) < 4.78 is 9.82. The van der Waals surface area contributed by atoms with E-state index in [1.165, 1.54) is 13.2 Å². The lowest BCUT2D eigenvalue weighted by Gasteiger charge is -2.07. The highest BCUT2D eigenvalue weighted by Crippen LogP contribution is 2.27. The summed E-state index contributed by atoms with van der Waals surface area (Å²) >= 11 is 5.97. The lowest BCUT2D eigenvalue weighted by atomic mass is 10.1. The first-order valence-corrected chi connectivity index (χ1v) is 7.72. The summed E-state index contributed by atoms with van der Waals surface area (Å²) in [6.45, 7) is 0. The molecule has 6 heteroatoms. The van der Waals surface area contributed by atoms with Crippen molar-refractivity contribution in [3.8, 4) is 17.8 Å². The number of halogens is 1. The number of benzene rings is 2. The Balaban J connectivity index is 2.08. The van der Waals surface area contributed by atoms with Crippen molar-refractivity contribution in [1.29, 1.82) is 0 Å². The minimum absolute atomic E-state index is 0.421. The van der Waals surface area contributed by atoms with Gasteiger partial charge in [-0.25, -0.2) is 4.79 Å². The molecule has 0 fully saturated rings. The van der Waals surface area contributed by atoms with E-state index >= 15 is 0 Å². The van der Waals surface area contributed by atoms with Gasteiger partial charge in [0.15, 0.2) is 0 Å². The second kappa shape index (κ2) is 9.26. The normalized spacial score (nSPS) is 9.88. The Hall–Kier alpha value is -3.10. The summed E-state index contributed by atoms with van der Waals surface area (Å²) in [7, 11) is 2.90. The van der Waals surface area contributed by atoms with E-state index in [0.29, 0.717) is 16.5 Å². The van der Waals surface area contributed by atoms with Crippen LogP contribution < -0.4 is 15.4 Å². The second-order valence-corrected chi connectivity index (χ2v) is 5.22. The molecule has 0 aliphatic heterocycles. The smallest absolute Gasteiger partial charge is 0.330 e. The van der Waals surface area contributed by atoms with Crippen LogP contribution in [-0.4, -0.2) is 20.2 Å². The summed E-state index contributed by atoms with van der Waals surface area (Å²) in [4.78, 5) is 11.2. The highest BCUT2D eigenvalue weighted by molar-refractivity contribution is 6.30. The molecule has 2 rings (SSSR count). The second-order valence-electron chi connectivity index (χ2n) is 4.79. The third-order valence-electron chi connectivity index (χ3n) is 3.18. The summed E-state index contributed by atoms with van der Waals surface area (Å²) in [5.74, 6) is 0.218. The minimum atomic E-state index is -0.421. The zero-order valence-corrected chi connectivity index (χ0v) is 14.6. The molecular weight excluding hydrogens is 340 g/mol. The molecule has 2 aromatic rings. The molecule has 0 saturated heterocycles. The Morgan fingerprint density at radius 1 is 1.08 bits per heavy atom. The molecule has 0 spiro atoms. The van der Waals surface area contributed by atoms with Crippen molar-refractivity contribution in [2.45, 2.75) is 0 Å². The van der Waals surface area contributed by atoms with Gasteiger partial charge in [0.1, 0.15) is 5.75 Å². The Morgan fingerprint density at radius 3 is 2.52 bits per heavy atom. The Morgan fingerprint density at radius 2 is 1.80 bits per heavy atom. The van der Waals surface area contributed by atoms with Crippen LogP contribution in [0.25, 0.3) is 6.08 Å². The predicted octanol–water partition coefficient (Wildman–Crippen LogP) is 3.98. The molecule has 0 aromatic heterocycles. The van der Waals surface area contributed by atoms with Crippen molar-refractivity contribution in [2.75, 3.05) is 24.9 Å². The van der Waals surface area contributed by atoms with E-state index in [4.69, 9.17) is 16.3 Å². The summed E-state index contributed by atoms with van der Waals surface area (Å²) in [6.07, 6.45) is 3.01. The first-order valence-electron chi connectivity index (χ1n) is 7.34. The van der Waals surface area contributed by atoms with Crippen LogP contribution in [0.1, 0.15) is 5.56 Å². The van der Waals surface area contributed by atoms with Gasteiger partial charge in [-0.15, -0.1) is 0 Å². The van der Waals surface area contributed by atoms with E-state index in [2.05, 4.69) is 27.5 Å². The number of esters is 1. The zero-order chi connectivity index (χ0) is 18.1. The van der Waals surface area contributed by atoms with Gasteiger partial charge in [0.2, 0.25) is 0 Å². The van der Waals surface area contributed by atoms with E-state index < -0.39 is 5.97 Å². The van der Waals surface area contributed by atoms with Gasteiger partial charge >= 0.3 is 5.97 Å². The molecule has 0 unspecified atom stereocenters. The van der Waals surface area contributed by atoms with Crippen LogP contribution in [0.15, 0.2) is 48.5 Å². The van der Waals surface area contributed by atoms with Crippen molar-refractivity contribution in [2.24, 2.45) is 0 Å². The van der Waals surface area contributed by atoms with Crippen LogP contribution in [0, 0.1) is 12.1 Å². The van der Waals surface area contributed by atoms with Gasteiger partial charge in [-0.1, -0.05) is 29.8 Å². The monoisotopic (exact) mass is 356 g/mol. The maximum atomic E-state index is 11.2. The highest BCUT2D eigenvalue weighted by atomic mass is 35.5. The molecule has 0 amide bonds. The summed E-state index contributed by atoms with van der Waals surface area (Å²) in [5.41, 5.74) is 2.24. The number of carbonyl (C=O) groups excluding carboxylic acids is 1. The first kappa shape index (κ1) is 18.2. The van der Waals surface area contributed by atoms with Crippen molar-refractivity contribution in [3.05, 3.63) is 59.1 Å². The minimum Gasteiger partial charge on any atom is -0.495 e. The quantitative estimate of drug-likeness (QED) is 0.367. The number of carbonyl (C=O) groups is 1. The predicted molar refractivity (Wildman–Crippen MR) is 101 cm³/mol. The Kier molecular flexibility index (Phi) is 6.76. The number of hydrogen-bond acceptors (Lipinski definition) is 5. The molecule has 0 saturated carbocycles. The Bertz CT molecular complexity index is 838. The van der Waals surface area contributed by atoms with Crippen molar-refractivity contribution >= 4 is 35.0 Å². The molecule has 2 N–H and O–H groups in total. The van der Waals surface area contributed by atoms with Gasteiger partial charge in [-0.2, -0.15) is 0 Å². The van der Waals surface area contributed by atoms with Crippen molar-refractivity contribution in [3.63, 3.8) is 0 Å². The molecule has 0 atom stereocenters. The zero-order valence-electron chi connectivity index (χ0n) is 13.8. The van der Waals surface area contributed by atoms with Crippen LogP contribution >= 0.6 is 11.6 Å². The van der Waals surface area contributed by atoms with E-state index in [9.17, 15) is 4.79 Å². The lowest BCUT2D eigenvalue weighted by molar-refractivity contribution is -0.134. The molecule has 0 radical (unpaired) electrons. The van der Waals surface area contributed by atoms with Gasteiger partial charge < -0.3 is 20.1 Å². The van der Waals surface area contributed by atoms with E-state index in [-0.39, 0.29) is 0 Å². The van der Waals surface area contributed by atoms with Crippen LogP contribution in [-0.2, 0) is 9.53 Å². The third-order valence-corrected chi connectivity index (χ3v) is 3.41. The number of hydrogen-bond donors (Lipinski definition) is 2. The van der Waals surface area contributed by atoms with Crippen LogP contribution in [0.5, 0.6) is 5.75 Å². The van der Waals surface area contributed by atoms with E-state index in [1.807, 2.05) is 24.3 Å². The van der Waals surface area contributed by atoms with Crippen LogP contribution in [0.3, 0.4) is 0 Å². The molecule has 0 aliphatic rings. The number of rotatable bonds is 5. The average molecular weight is 357 g/mol. The summed E-state index contributed by atoms with van der Waals surface area (Å²) in [5, 5.41) is 6.49. The number of anilines is 2. The molecule has 2 aromatic carbocycles. The van der Waals surface area contributed by atoms with Crippen molar-refractivity contribution < 1.29 is 14.3 Å². The molecular formula is C19H17ClN2O3. The fourth-order valence-corrected chi connectivity index (χ4v) is 2.13. The van der Waals surface area contributed by atoms with Crippen LogP contribution in [0.4, 0.5) is 11.4 Å². The maximum absolute atomic E-state index is 11.2. The average Bonchev–Trinajstić information content (AvgIpc) is 2.64. The van der Waals surface area contributed by atoms with Gasteiger partial charge in [0.25, 0.3) is 0 Å². The topological polar surface area (TPSA) is 59.6 Å². The number of ether oxygens (including phenoxy) is 2. The number of methoxy groups -OCH3 is 2. The standard InChI is InChI=1S/C19H17ClN2O3/c1-24-18-9-8-15(20)13-17(18)22-12-11-21-16-6-4-3-5-14(16)7-10-19(23)25-2/h3-10,13,21-22H,1-2H3. The fourth-order valence-electron chi connectivity index (χ4n) is 1.96. The largest absolute Gasteiger partial charge is 0.495 e. The van der Waals surface area contributed by atoms with Gasteiger partial charge in [-0.05, 0) is 35.9 Å². The van der Waals surface area contributed by atoms with Crippen LogP contribution in [0.2, 0.25) is 5.02 Å². The number of nitrogens with one attached hydrogen (secondary N) is 2. The fraction of sp³-hybridized carbons (Fsp3) is 0.105. The molecule has 128 valence electrons. The lowest BCUT2D eigenvalue weighted by Crippen LogP contribution is -1.97. The maximum Gasteiger partial charge on any atom is 0.330 e. The molecule has 0 heterocycles. The van der Waals surface area contributed by atoms with E-state index in [1.54, 1.807) is 31.4 Å². The van der Waals surface area contributed by atoms with Gasteiger partial charge in [-0.3, -0.25) is 0 Å².